The van der Waals surface area contributed by atoms with Crippen molar-refractivity contribution in [2.45, 2.75) is 46.0 Å². The molecule has 0 saturated carbocycles. The van der Waals surface area contributed by atoms with Crippen LogP contribution in [0.4, 0.5) is 5.00 Å². The number of hydrogen-bond acceptors (Lipinski definition) is 4. The van der Waals surface area contributed by atoms with Crippen molar-refractivity contribution in [1.29, 1.82) is 0 Å². The zero-order valence-electron chi connectivity index (χ0n) is 15.8. The van der Waals surface area contributed by atoms with Gasteiger partial charge in [0, 0.05) is 10.4 Å². The number of nitrogens with two attached hydrogens (primary N) is 1. The highest BCUT2D eigenvalue weighted by atomic mass is 32.1. The maximum Gasteiger partial charge on any atom is 0.256 e. The van der Waals surface area contributed by atoms with Crippen LogP contribution < -0.4 is 15.8 Å². The Kier molecular flexibility index (Phi) is 6.16. The average Bonchev–Trinajstić information content (AvgIpc) is 2.99. The number of anilines is 1. The topological polar surface area (TPSA) is 81.4 Å². The lowest BCUT2D eigenvalue weighted by Crippen LogP contribution is -2.18. The van der Waals surface area contributed by atoms with Gasteiger partial charge in [-0.15, -0.1) is 11.3 Å². The molecule has 2 aromatic rings. The van der Waals surface area contributed by atoms with Crippen molar-refractivity contribution in [3.8, 4) is 5.75 Å². The van der Waals surface area contributed by atoms with Crippen molar-refractivity contribution in [1.82, 2.24) is 0 Å². The molecule has 0 radical (unpaired) electrons. The van der Waals surface area contributed by atoms with Gasteiger partial charge in [0.25, 0.3) is 11.8 Å². The SMILES string of the molecule is CC(C)CCOc1cccc(C(=O)Nc2sc3c(c2C(N)=O)CCCC3)c1. The summed E-state index contributed by atoms with van der Waals surface area (Å²) in [6, 6.07) is 7.11. The first-order chi connectivity index (χ1) is 13.0. The molecular formula is C21H26N2O3S. The quantitative estimate of drug-likeness (QED) is 0.740. The molecule has 0 atom stereocenters. The summed E-state index contributed by atoms with van der Waals surface area (Å²) in [4.78, 5) is 25.8. The highest BCUT2D eigenvalue weighted by Crippen LogP contribution is 2.38. The van der Waals surface area contributed by atoms with Crippen molar-refractivity contribution >= 4 is 28.2 Å². The van der Waals surface area contributed by atoms with E-state index in [1.165, 1.54) is 11.3 Å². The lowest BCUT2D eigenvalue weighted by Gasteiger charge is -2.11. The van der Waals surface area contributed by atoms with E-state index in [1.807, 2.05) is 6.07 Å². The van der Waals surface area contributed by atoms with Crippen LogP contribution in [0.2, 0.25) is 0 Å². The monoisotopic (exact) mass is 386 g/mol. The smallest absolute Gasteiger partial charge is 0.256 e. The van der Waals surface area contributed by atoms with Crippen LogP contribution in [0.1, 0.15) is 64.3 Å². The molecule has 0 spiro atoms. The number of hydrogen-bond donors (Lipinski definition) is 2. The number of aryl methyl sites for hydroxylation is 1. The van der Waals surface area contributed by atoms with Crippen LogP contribution in [0.15, 0.2) is 24.3 Å². The molecular weight excluding hydrogens is 360 g/mol. The van der Waals surface area contributed by atoms with E-state index >= 15 is 0 Å². The molecule has 0 unspecified atom stereocenters. The van der Waals surface area contributed by atoms with Gasteiger partial charge in [0.1, 0.15) is 10.8 Å². The second-order valence-electron chi connectivity index (χ2n) is 7.29. The van der Waals surface area contributed by atoms with Crippen LogP contribution in [-0.4, -0.2) is 18.4 Å². The number of nitrogens with one attached hydrogen (secondary N) is 1. The average molecular weight is 387 g/mol. The second kappa shape index (κ2) is 8.57. The Morgan fingerprint density at radius 2 is 2.04 bits per heavy atom. The molecule has 144 valence electrons. The molecule has 2 amide bonds. The lowest BCUT2D eigenvalue weighted by molar-refractivity contribution is 0.100. The van der Waals surface area contributed by atoms with Gasteiger partial charge in [0.15, 0.2) is 0 Å². The van der Waals surface area contributed by atoms with E-state index in [2.05, 4.69) is 19.2 Å². The first kappa shape index (κ1) is 19.4. The van der Waals surface area contributed by atoms with Gasteiger partial charge in [-0.2, -0.15) is 0 Å². The van der Waals surface area contributed by atoms with E-state index in [0.717, 1.165) is 42.5 Å². The van der Waals surface area contributed by atoms with Gasteiger partial charge in [-0.05, 0) is 61.8 Å². The first-order valence-electron chi connectivity index (χ1n) is 9.44. The molecule has 1 aromatic carbocycles. The van der Waals surface area contributed by atoms with E-state index in [0.29, 0.717) is 34.4 Å². The number of rotatable bonds is 7. The van der Waals surface area contributed by atoms with E-state index in [4.69, 9.17) is 10.5 Å². The summed E-state index contributed by atoms with van der Waals surface area (Å²) in [6.45, 7) is 4.90. The third kappa shape index (κ3) is 4.69. The molecule has 1 heterocycles. The van der Waals surface area contributed by atoms with Gasteiger partial charge in [0.05, 0.1) is 12.2 Å². The molecule has 1 aliphatic carbocycles. The fraction of sp³-hybridized carbons (Fsp3) is 0.429. The largest absolute Gasteiger partial charge is 0.494 e. The molecule has 6 heteroatoms. The molecule has 0 bridgehead atoms. The zero-order chi connectivity index (χ0) is 19.4. The Balaban J connectivity index is 1.76. The Bertz CT molecular complexity index is 842. The summed E-state index contributed by atoms with van der Waals surface area (Å²) in [5, 5.41) is 3.45. The van der Waals surface area contributed by atoms with Crippen LogP contribution in [0.3, 0.4) is 0 Å². The molecule has 0 fully saturated rings. The maximum atomic E-state index is 12.7. The van der Waals surface area contributed by atoms with Crippen LogP contribution in [-0.2, 0) is 12.8 Å². The number of carbonyl (C=O) groups is 2. The van der Waals surface area contributed by atoms with Gasteiger partial charge in [-0.25, -0.2) is 0 Å². The van der Waals surface area contributed by atoms with Crippen LogP contribution >= 0.6 is 11.3 Å². The number of thiophene rings is 1. The predicted molar refractivity (Wildman–Crippen MR) is 109 cm³/mol. The van der Waals surface area contributed by atoms with Crippen LogP contribution in [0, 0.1) is 5.92 Å². The minimum Gasteiger partial charge on any atom is -0.494 e. The van der Waals surface area contributed by atoms with Crippen molar-refractivity contribution in [2.75, 3.05) is 11.9 Å². The van der Waals surface area contributed by atoms with Crippen molar-refractivity contribution < 1.29 is 14.3 Å². The van der Waals surface area contributed by atoms with E-state index in [9.17, 15) is 9.59 Å². The molecule has 3 rings (SSSR count). The predicted octanol–water partition coefficient (Wildman–Crippen LogP) is 4.40. The summed E-state index contributed by atoms with van der Waals surface area (Å²) in [5.74, 6) is 0.498. The standard InChI is InChI=1S/C21H26N2O3S/c1-13(2)10-11-26-15-7-5-6-14(12-15)20(25)23-21-18(19(22)24)16-8-3-4-9-17(16)27-21/h5-7,12-13H,3-4,8-11H2,1-2H3,(H2,22,24)(H,23,25). The summed E-state index contributed by atoms with van der Waals surface area (Å²) >= 11 is 1.47. The molecule has 3 N–H and O–H groups in total. The molecule has 0 aliphatic heterocycles. The number of carbonyl (C=O) groups excluding carboxylic acids is 2. The van der Waals surface area contributed by atoms with E-state index in [-0.39, 0.29) is 5.91 Å². The first-order valence-corrected chi connectivity index (χ1v) is 10.3. The molecule has 5 nitrogen and oxygen atoms in total. The van der Waals surface area contributed by atoms with Crippen molar-refractivity contribution in [2.24, 2.45) is 11.7 Å². The fourth-order valence-electron chi connectivity index (χ4n) is 3.23. The van der Waals surface area contributed by atoms with E-state index in [1.54, 1.807) is 18.2 Å². The normalized spacial score (nSPS) is 13.3. The van der Waals surface area contributed by atoms with Crippen LogP contribution in [0.25, 0.3) is 0 Å². The van der Waals surface area contributed by atoms with E-state index < -0.39 is 5.91 Å². The minimum absolute atomic E-state index is 0.259. The van der Waals surface area contributed by atoms with Gasteiger partial charge >= 0.3 is 0 Å². The Labute approximate surface area is 163 Å². The zero-order valence-corrected chi connectivity index (χ0v) is 16.7. The van der Waals surface area contributed by atoms with Gasteiger partial charge in [-0.1, -0.05) is 19.9 Å². The van der Waals surface area contributed by atoms with Crippen LogP contribution in [0.5, 0.6) is 5.75 Å². The lowest BCUT2D eigenvalue weighted by atomic mass is 9.95. The Morgan fingerprint density at radius 1 is 1.26 bits per heavy atom. The Morgan fingerprint density at radius 3 is 2.78 bits per heavy atom. The van der Waals surface area contributed by atoms with Crippen molar-refractivity contribution in [3.05, 3.63) is 45.8 Å². The third-order valence-corrected chi connectivity index (χ3v) is 5.91. The minimum atomic E-state index is -0.476. The molecule has 0 saturated heterocycles. The second-order valence-corrected chi connectivity index (χ2v) is 8.40. The summed E-state index contributed by atoms with van der Waals surface area (Å²) in [6.07, 6.45) is 4.90. The number of fused-ring (bicyclic) bond motifs is 1. The molecule has 1 aliphatic rings. The Hall–Kier alpha value is -2.34. The molecule has 27 heavy (non-hydrogen) atoms. The van der Waals surface area contributed by atoms with Gasteiger partial charge < -0.3 is 15.8 Å². The van der Waals surface area contributed by atoms with Gasteiger partial charge in [-0.3, -0.25) is 9.59 Å². The summed E-state index contributed by atoms with van der Waals surface area (Å²) in [7, 11) is 0. The summed E-state index contributed by atoms with van der Waals surface area (Å²) < 4.78 is 5.73. The number of primary amides is 1. The van der Waals surface area contributed by atoms with Crippen molar-refractivity contribution in [3.63, 3.8) is 0 Å². The maximum absolute atomic E-state index is 12.7. The summed E-state index contributed by atoms with van der Waals surface area (Å²) in [5.41, 5.74) is 7.59. The fourth-order valence-corrected chi connectivity index (χ4v) is 4.52. The number of ether oxygens (including phenoxy) is 1. The molecule has 1 aromatic heterocycles. The number of benzene rings is 1. The van der Waals surface area contributed by atoms with Gasteiger partial charge in [0.2, 0.25) is 0 Å². The number of amides is 2. The highest BCUT2D eigenvalue weighted by molar-refractivity contribution is 7.17. The third-order valence-electron chi connectivity index (χ3n) is 4.70. The highest BCUT2D eigenvalue weighted by Gasteiger charge is 2.25.